The summed E-state index contributed by atoms with van der Waals surface area (Å²) in [5.41, 5.74) is 0.165. The number of hydrogen-bond acceptors (Lipinski definition) is 5. The highest BCUT2D eigenvalue weighted by atomic mass is 16.2. The zero-order chi connectivity index (χ0) is 17.2. The summed E-state index contributed by atoms with van der Waals surface area (Å²) >= 11 is 0. The zero-order valence-corrected chi connectivity index (χ0v) is 14.5. The first kappa shape index (κ1) is 16.9. The molecule has 1 N–H and O–H groups in total. The normalized spacial score (nSPS) is 20.9. The maximum absolute atomic E-state index is 12.3. The average molecular weight is 334 g/mol. The fraction of sp³-hybridized carbons (Fsp3) is 0.750. The van der Waals surface area contributed by atoms with Crippen LogP contribution in [0.4, 0.5) is 0 Å². The van der Waals surface area contributed by atoms with Gasteiger partial charge in [0.2, 0.25) is 11.7 Å². The number of piperidine rings is 2. The molecule has 0 radical (unpaired) electrons. The van der Waals surface area contributed by atoms with Gasteiger partial charge in [0.1, 0.15) is 6.33 Å². The monoisotopic (exact) mass is 334 g/mol. The average Bonchev–Trinajstić information content (AvgIpc) is 3.10. The van der Waals surface area contributed by atoms with Crippen LogP contribution in [-0.4, -0.2) is 88.5 Å². The van der Waals surface area contributed by atoms with E-state index in [1.165, 1.54) is 6.33 Å². The van der Waals surface area contributed by atoms with Crippen molar-refractivity contribution in [3.63, 3.8) is 0 Å². The largest absolute Gasteiger partial charge is 0.341 e. The third-order valence-electron chi connectivity index (χ3n) is 5.29. The van der Waals surface area contributed by atoms with Gasteiger partial charge in [0, 0.05) is 39.1 Å². The second-order valence-corrected chi connectivity index (χ2v) is 7.24. The van der Waals surface area contributed by atoms with Crippen LogP contribution in [0.5, 0.6) is 0 Å². The molecule has 0 aliphatic carbocycles. The number of likely N-dealkylation sites (tertiary alicyclic amines) is 2. The second kappa shape index (κ2) is 6.88. The van der Waals surface area contributed by atoms with E-state index < -0.39 is 0 Å². The van der Waals surface area contributed by atoms with Gasteiger partial charge in [-0.25, -0.2) is 4.98 Å². The van der Waals surface area contributed by atoms with Crippen molar-refractivity contribution >= 4 is 11.8 Å². The molecule has 1 aromatic rings. The summed E-state index contributed by atoms with van der Waals surface area (Å²) in [5.74, 6) is 0.485. The van der Waals surface area contributed by atoms with Gasteiger partial charge < -0.3 is 14.7 Å². The number of amides is 2. The number of hydrogen-bond donors (Lipinski definition) is 1. The van der Waals surface area contributed by atoms with Gasteiger partial charge in [-0.05, 0) is 38.8 Å². The Kier molecular flexibility index (Phi) is 4.84. The van der Waals surface area contributed by atoms with Crippen molar-refractivity contribution in [2.45, 2.75) is 25.7 Å². The van der Waals surface area contributed by atoms with E-state index in [9.17, 15) is 9.59 Å². The number of nitrogens with zero attached hydrogens (tertiary/aromatic N) is 5. The standard InChI is InChI=1S/C16H26N6O2/c1-20(2)9-10-22-11-16(4-3-13(22)23)5-7-21(8-6-16)15(24)14-17-12-18-19-14/h12H,3-11H2,1-2H3,(H,17,18,19). The van der Waals surface area contributed by atoms with Gasteiger partial charge in [-0.15, -0.1) is 0 Å². The third-order valence-corrected chi connectivity index (χ3v) is 5.29. The van der Waals surface area contributed by atoms with Crippen LogP contribution in [0.15, 0.2) is 6.33 Å². The number of H-pyrrole nitrogens is 1. The lowest BCUT2D eigenvalue weighted by atomic mass is 9.72. The Balaban J connectivity index is 1.58. The molecule has 24 heavy (non-hydrogen) atoms. The molecular weight excluding hydrogens is 308 g/mol. The van der Waals surface area contributed by atoms with Crippen molar-refractivity contribution in [3.05, 3.63) is 12.2 Å². The Morgan fingerprint density at radius 1 is 1.33 bits per heavy atom. The molecule has 2 aliphatic rings. The molecule has 0 aromatic carbocycles. The maximum atomic E-state index is 12.3. The van der Waals surface area contributed by atoms with E-state index in [0.717, 1.165) is 52.0 Å². The minimum absolute atomic E-state index is 0.0845. The van der Waals surface area contributed by atoms with Crippen LogP contribution in [-0.2, 0) is 4.79 Å². The molecule has 2 amide bonds. The van der Waals surface area contributed by atoms with E-state index in [4.69, 9.17) is 0 Å². The summed E-state index contributed by atoms with van der Waals surface area (Å²) in [6.07, 6.45) is 4.81. The highest BCUT2D eigenvalue weighted by Crippen LogP contribution is 2.40. The quantitative estimate of drug-likeness (QED) is 0.851. The van der Waals surface area contributed by atoms with Gasteiger partial charge in [-0.3, -0.25) is 14.7 Å². The van der Waals surface area contributed by atoms with Gasteiger partial charge in [-0.1, -0.05) is 0 Å². The number of likely N-dealkylation sites (N-methyl/N-ethyl adjacent to an activating group) is 1. The highest BCUT2D eigenvalue weighted by Gasteiger charge is 2.41. The zero-order valence-electron chi connectivity index (χ0n) is 14.5. The first-order chi connectivity index (χ1) is 11.5. The molecule has 8 heteroatoms. The van der Waals surface area contributed by atoms with Gasteiger partial charge in [0.15, 0.2) is 0 Å². The van der Waals surface area contributed by atoms with Crippen LogP contribution in [0, 0.1) is 5.41 Å². The SMILES string of the molecule is CN(C)CCN1CC2(CCC1=O)CCN(C(=O)c1ncn[nH]1)CC2. The van der Waals surface area contributed by atoms with Crippen LogP contribution in [0.2, 0.25) is 0 Å². The molecule has 132 valence electrons. The number of carbonyl (C=O) groups is 2. The highest BCUT2D eigenvalue weighted by molar-refractivity contribution is 5.90. The Morgan fingerprint density at radius 3 is 2.71 bits per heavy atom. The fourth-order valence-electron chi connectivity index (χ4n) is 3.68. The van der Waals surface area contributed by atoms with E-state index in [1.54, 1.807) is 0 Å². The minimum atomic E-state index is -0.0845. The second-order valence-electron chi connectivity index (χ2n) is 7.24. The third kappa shape index (κ3) is 3.58. The molecule has 2 fully saturated rings. The summed E-state index contributed by atoms with van der Waals surface area (Å²) in [5, 5.41) is 6.38. The van der Waals surface area contributed by atoms with Crippen molar-refractivity contribution < 1.29 is 9.59 Å². The Morgan fingerprint density at radius 2 is 2.08 bits per heavy atom. The lowest BCUT2D eigenvalue weighted by Crippen LogP contribution is -2.53. The fourth-order valence-corrected chi connectivity index (χ4v) is 3.68. The predicted octanol–water partition coefficient (Wildman–Crippen LogP) is 0.211. The van der Waals surface area contributed by atoms with Crippen LogP contribution in [0.1, 0.15) is 36.3 Å². The molecule has 0 unspecified atom stereocenters. The summed E-state index contributed by atoms with van der Waals surface area (Å²) in [4.78, 5) is 34.4. The summed E-state index contributed by atoms with van der Waals surface area (Å²) < 4.78 is 0. The smallest absolute Gasteiger partial charge is 0.291 e. The molecule has 2 aliphatic heterocycles. The van der Waals surface area contributed by atoms with E-state index in [-0.39, 0.29) is 17.2 Å². The van der Waals surface area contributed by atoms with Crippen molar-refractivity contribution in [3.8, 4) is 0 Å². The van der Waals surface area contributed by atoms with Crippen LogP contribution >= 0.6 is 0 Å². The Hall–Kier alpha value is -1.96. The Bertz CT molecular complexity index is 577. The van der Waals surface area contributed by atoms with Gasteiger partial charge in [0.25, 0.3) is 5.91 Å². The van der Waals surface area contributed by atoms with Crippen molar-refractivity contribution in [1.29, 1.82) is 0 Å². The molecular formula is C16H26N6O2. The lowest BCUT2D eigenvalue weighted by Gasteiger charge is -2.47. The van der Waals surface area contributed by atoms with Gasteiger partial charge >= 0.3 is 0 Å². The topological polar surface area (TPSA) is 85.4 Å². The molecule has 2 saturated heterocycles. The number of nitrogens with one attached hydrogen (secondary N) is 1. The van der Waals surface area contributed by atoms with Crippen molar-refractivity contribution in [1.82, 2.24) is 29.9 Å². The van der Waals surface area contributed by atoms with Crippen molar-refractivity contribution in [2.24, 2.45) is 5.41 Å². The first-order valence-electron chi connectivity index (χ1n) is 8.56. The van der Waals surface area contributed by atoms with Gasteiger partial charge in [-0.2, -0.15) is 5.10 Å². The first-order valence-corrected chi connectivity index (χ1v) is 8.56. The number of rotatable bonds is 4. The molecule has 8 nitrogen and oxygen atoms in total. The molecule has 0 atom stereocenters. The van der Waals surface area contributed by atoms with E-state index in [0.29, 0.717) is 12.2 Å². The van der Waals surface area contributed by atoms with E-state index >= 15 is 0 Å². The maximum Gasteiger partial charge on any atom is 0.291 e. The lowest BCUT2D eigenvalue weighted by molar-refractivity contribution is -0.139. The molecule has 1 spiro atoms. The molecule has 3 rings (SSSR count). The van der Waals surface area contributed by atoms with Crippen LogP contribution in [0.3, 0.4) is 0 Å². The summed E-state index contributed by atoms with van der Waals surface area (Å²) in [6, 6.07) is 0. The minimum Gasteiger partial charge on any atom is -0.341 e. The van der Waals surface area contributed by atoms with Crippen LogP contribution < -0.4 is 0 Å². The number of aromatic nitrogens is 3. The number of carbonyl (C=O) groups excluding carboxylic acids is 2. The summed E-state index contributed by atoms with van der Waals surface area (Å²) in [6.45, 7) is 3.93. The van der Waals surface area contributed by atoms with Crippen molar-refractivity contribution in [2.75, 3.05) is 46.8 Å². The summed E-state index contributed by atoms with van der Waals surface area (Å²) in [7, 11) is 4.05. The molecule has 0 bridgehead atoms. The van der Waals surface area contributed by atoms with Gasteiger partial charge in [0.05, 0.1) is 0 Å². The molecule has 0 saturated carbocycles. The number of aromatic amines is 1. The predicted molar refractivity (Wildman–Crippen MR) is 88.3 cm³/mol. The van der Waals surface area contributed by atoms with E-state index in [1.807, 2.05) is 23.9 Å². The molecule has 1 aromatic heterocycles. The Labute approximate surface area is 142 Å². The van der Waals surface area contributed by atoms with Crippen LogP contribution in [0.25, 0.3) is 0 Å². The molecule has 3 heterocycles. The van der Waals surface area contributed by atoms with E-state index in [2.05, 4.69) is 20.1 Å².